The Labute approximate surface area is 262 Å². The number of carboxylic acids is 1. The molecule has 1 unspecified atom stereocenters. The van der Waals surface area contributed by atoms with Crippen LogP contribution >= 0.6 is 0 Å². The number of carboxylic acid groups (broad SMARTS) is 1. The molecule has 0 saturated carbocycles. The number of nitrogens with one attached hydrogen (secondary N) is 1. The summed E-state index contributed by atoms with van der Waals surface area (Å²) >= 11 is 0. The highest BCUT2D eigenvalue weighted by atomic mass is 16.5. The monoisotopic (exact) mass is 604 g/mol. The van der Waals surface area contributed by atoms with E-state index < -0.39 is 12.0 Å². The second-order valence-electron chi connectivity index (χ2n) is 11.1. The highest BCUT2D eigenvalue weighted by Crippen LogP contribution is 2.23. The summed E-state index contributed by atoms with van der Waals surface area (Å²) in [5.74, 6) is 0.756. The quantitative estimate of drug-likeness (QED) is 0.146. The van der Waals surface area contributed by atoms with E-state index >= 15 is 0 Å². The van der Waals surface area contributed by atoms with Gasteiger partial charge in [-0.1, -0.05) is 54.6 Å². The third kappa shape index (κ3) is 8.21. The van der Waals surface area contributed by atoms with Crippen LogP contribution in [0.1, 0.15) is 38.5 Å². The van der Waals surface area contributed by atoms with Crippen LogP contribution in [-0.4, -0.2) is 58.5 Å². The first-order valence-corrected chi connectivity index (χ1v) is 14.7. The molecule has 2 N–H and O–H groups in total. The van der Waals surface area contributed by atoms with Crippen molar-refractivity contribution >= 4 is 17.4 Å². The van der Waals surface area contributed by atoms with E-state index in [1.807, 2.05) is 87.7 Å². The Morgan fingerprint density at radius 3 is 2.36 bits per heavy atom. The first-order valence-electron chi connectivity index (χ1n) is 14.7. The van der Waals surface area contributed by atoms with Gasteiger partial charge in [0.2, 0.25) is 5.89 Å². The number of aryl methyl sites for hydroxylation is 1. The number of hydrogen-bond acceptors (Lipinski definition) is 8. The Kier molecular flexibility index (Phi) is 10.0. The van der Waals surface area contributed by atoms with Crippen molar-refractivity contribution in [1.82, 2.24) is 14.9 Å². The van der Waals surface area contributed by atoms with Crippen LogP contribution < -0.4 is 10.1 Å². The largest absolute Gasteiger partial charge is 0.493 e. The summed E-state index contributed by atoms with van der Waals surface area (Å²) < 4.78 is 11.8. The van der Waals surface area contributed by atoms with E-state index in [0.29, 0.717) is 41.5 Å². The summed E-state index contributed by atoms with van der Waals surface area (Å²) in [4.78, 5) is 36.4. The van der Waals surface area contributed by atoms with E-state index in [-0.39, 0.29) is 12.2 Å². The smallest absolute Gasteiger partial charge is 0.326 e. The number of pyridine rings is 1. The minimum absolute atomic E-state index is 0.200. The minimum Gasteiger partial charge on any atom is -0.493 e. The maximum absolute atomic E-state index is 13.3. The zero-order valence-corrected chi connectivity index (χ0v) is 25.6. The van der Waals surface area contributed by atoms with Crippen LogP contribution in [0.25, 0.3) is 11.5 Å². The third-order valence-electron chi connectivity index (χ3n) is 7.29. The van der Waals surface area contributed by atoms with Gasteiger partial charge in [0.25, 0.3) is 0 Å². The zero-order valence-electron chi connectivity index (χ0n) is 25.6. The highest BCUT2D eigenvalue weighted by molar-refractivity contribution is 6.12. The average Bonchev–Trinajstić information content (AvgIpc) is 3.42. The summed E-state index contributed by atoms with van der Waals surface area (Å²) in [6.07, 6.45) is 3.78. The minimum atomic E-state index is -1.03. The molecule has 0 radical (unpaired) electrons. The lowest BCUT2D eigenvalue weighted by molar-refractivity contribution is -0.137. The van der Waals surface area contributed by atoms with Crippen LogP contribution in [0.4, 0.5) is 5.69 Å². The second-order valence-corrected chi connectivity index (χ2v) is 11.1. The van der Waals surface area contributed by atoms with Crippen LogP contribution in [-0.2, 0) is 24.2 Å². The molecule has 0 aliphatic rings. The van der Waals surface area contributed by atoms with Gasteiger partial charge in [0.05, 0.1) is 17.9 Å². The number of hydrogen-bond donors (Lipinski definition) is 2. The number of carbonyl (C=O) groups is 2. The van der Waals surface area contributed by atoms with Crippen LogP contribution in [0.15, 0.2) is 102 Å². The van der Waals surface area contributed by atoms with Gasteiger partial charge < -0.3 is 24.5 Å². The first kappa shape index (κ1) is 31.2. The summed E-state index contributed by atoms with van der Waals surface area (Å²) in [6, 6.07) is 25.1. The number of aliphatic carboxylic acids is 1. The Morgan fingerprint density at radius 1 is 0.956 bits per heavy atom. The molecule has 0 aliphatic carbocycles. The number of ketones is 1. The van der Waals surface area contributed by atoms with Crippen LogP contribution in [0.2, 0.25) is 0 Å². The molecule has 9 nitrogen and oxygen atoms in total. The van der Waals surface area contributed by atoms with Crippen molar-refractivity contribution in [2.75, 3.05) is 26.0 Å². The third-order valence-corrected chi connectivity index (χ3v) is 7.29. The average molecular weight is 605 g/mol. The molecule has 0 fully saturated rings. The van der Waals surface area contributed by atoms with Gasteiger partial charge in [0, 0.05) is 48.6 Å². The molecule has 2 heterocycles. The normalized spacial score (nSPS) is 11.7. The molecule has 2 aromatic heterocycles. The van der Waals surface area contributed by atoms with E-state index in [1.165, 1.54) is 12.4 Å². The Morgan fingerprint density at radius 2 is 1.67 bits per heavy atom. The number of benzene rings is 3. The lowest BCUT2D eigenvalue weighted by atomic mass is 10.0. The molecule has 5 rings (SSSR count). The fourth-order valence-corrected chi connectivity index (χ4v) is 4.96. The number of rotatable bonds is 14. The van der Waals surface area contributed by atoms with Crippen molar-refractivity contribution in [3.63, 3.8) is 0 Å². The van der Waals surface area contributed by atoms with Gasteiger partial charge >= 0.3 is 5.97 Å². The SMILES string of the molecule is Cc1oc(-c2ccccc2)nc1CCOc1ccc(CC(Nc2ccncc2C(=O)c2ccc(CN(C)C)cc2)C(=O)O)cc1. The number of nitrogens with zero attached hydrogens (tertiary/aromatic N) is 3. The van der Waals surface area contributed by atoms with Gasteiger partial charge in [0.15, 0.2) is 5.78 Å². The summed E-state index contributed by atoms with van der Waals surface area (Å²) in [7, 11) is 3.97. The van der Waals surface area contributed by atoms with Crippen LogP contribution in [0.3, 0.4) is 0 Å². The molecule has 5 aromatic rings. The molecule has 0 saturated heterocycles. The molecular weight excluding hydrogens is 568 g/mol. The Hall–Kier alpha value is -5.28. The molecule has 0 spiro atoms. The van der Waals surface area contributed by atoms with Crippen molar-refractivity contribution in [3.05, 3.63) is 131 Å². The molecule has 0 aliphatic heterocycles. The maximum Gasteiger partial charge on any atom is 0.326 e. The second kappa shape index (κ2) is 14.5. The number of ether oxygens (including phenoxy) is 1. The fourth-order valence-electron chi connectivity index (χ4n) is 4.96. The van der Waals surface area contributed by atoms with Crippen molar-refractivity contribution in [2.24, 2.45) is 0 Å². The molecule has 3 aromatic carbocycles. The molecule has 230 valence electrons. The van der Waals surface area contributed by atoms with Gasteiger partial charge in [-0.2, -0.15) is 0 Å². The van der Waals surface area contributed by atoms with E-state index in [9.17, 15) is 14.7 Å². The van der Waals surface area contributed by atoms with Gasteiger partial charge in [-0.05, 0) is 62.5 Å². The predicted octanol–water partition coefficient (Wildman–Crippen LogP) is 6.07. The number of carbonyl (C=O) groups excluding carboxylic acids is 1. The first-order chi connectivity index (χ1) is 21.8. The summed E-state index contributed by atoms with van der Waals surface area (Å²) in [6.45, 7) is 3.07. The Bertz CT molecular complexity index is 1730. The lowest BCUT2D eigenvalue weighted by Gasteiger charge is -2.18. The predicted molar refractivity (Wildman–Crippen MR) is 173 cm³/mol. The van der Waals surface area contributed by atoms with Gasteiger partial charge in [0.1, 0.15) is 17.6 Å². The van der Waals surface area contributed by atoms with Gasteiger partial charge in [-0.25, -0.2) is 9.78 Å². The van der Waals surface area contributed by atoms with Crippen molar-refractivity contribution in [1.29, 1.82) is 0 Å². The Balaban J connectivity index is 1.19. The number of aromatic nitrogens is 2. The topological polar surface area (TPSA) is 118 Å². The summed E-state index contributed by atoms with van der Waals surface area (Å²) in [5.41, 5.74) is 4.90. The highest BCUT2D eigenvalue weighted by Gasteiger charge is 2.22. The molecule has 9 heteroatoms. The van der Waals surface area contributed by atoms with Crippen LogP contribution in [0.5, 0.6) is 5.75 Å². The zero-order chi connectivity index (χ0) is 31.8. The molecule has 45 heavy (non-hydrogen) atoms. The van der Waals surface area contributed by atoms with Crippen molar-refractivity contribution in [3.8, 4) is 17.2 Å². The molecule has 0 bridgehead atoms. The van der Waals surface area contributed by atoms with E-state index in [2.05, 4.69) is 20.2 Å². The van der Waals surface area contributed by atoms with Crippen molar-refractivity contribution in [2.45, 2.75) is 32.4 Å². The van der Waals surface area contributed by atoms with E-state index in [0.717, 1.165) is 34.7 Å². The lowest BCUT2D eigenvalue weighted by Crippen LogP contribution is -2.32. The van der Waals surface area contributed by atoms with Gasteiger partial charge in [-0.3, -0.25) is 9.78 Å². The van der Waals surface area contributed by atoms with Crippen molar-refractivity contribution < 1.29 is 23.8 Å². The van der Waals surface area contributed by atoms with Gasteiger partial charge in [-0.15, -0.1) is 0 Å². The molecular formula is C36H36N4O5. The van der Waals surface area contributed by atoms with E-state index in [4.69, 9.17) is 9.15 Å². The van der Waals surface area contributed by atoms with Crippen LogP contribution in [0, 0.1) is 6.92 Å². The number of oxazole rings is 1. The summed E-state index contributed by atoms with van der Waals surface area (Å²) in [5, 5.41) is 13.1. The van der Waals surface area contributed by atoms with E-state index in [1.54, 1.807) is 18.2 Å². The maximum atomic E-state index is 13.3. The molecule has 1 atom stereocenters. The standard InChI is InChI=1S/C36H36N4O5/c1-24-31(39-35(45-24)28-7-5-4-6-8-28)18-20-44-29-15-11-25(12-16-29)21-33(36(42)43)38-32-17-19-37-22-30(32)34(41)27-13-9-26(10-14-27)23-40(2)3/h4-17,19,22,33H,18,20-21,23H2,1-3H3,(H,37,38)(H,42,43). The number of anilines is 1. The molecule has 0 amide bonds. The fraction of sp³-hybridized carbons (Fsp3) is 0.222.